The van der Waals surface area contributed by atoms with Crippen LogP contribution in [0, 0.1) is 0 Å². The van der Waals surface area contributed by atoms with E-state index in [2.05, 4.69) is 33.4 Å². The Morgan fingerprint density at radius 2 is 1.94 bits per heavy atom. The second kappa shape index (κ2) is 8.20. The van der Waals surface area contributed by atoms with E-state index in [1.165, 1.54) is 16.7 Å². The van der Waals surface area contributed by atoms with Crippen LogP contribution in [0.5, 0.6) is 0 Å². The third kappa shape index (κ3) is 4.26. The highest BCUT2D eigenvalue weighted by atomic mass is 16.5. The van der Waals surface area contributed by atoms with E-state index in [9.17, 15) is 0 Å². The highest BCUT2D eigenvalue weighted by molar-refractivity contribution is 5.35. The highest BCUT2D eigenvalue weighted by Crippen LogP contribution is 2.24. The molecule has 0 saturated carbocycles. The van der Waals surface area contributed by atoms with Crippen LogP contribution in [0.3, 0.4) is 0 Å². The van der Waals surface area contributed by atoms with Crippen LogP contribution in [0.1, 0.15) is 53.9 Å². The molecule has 1 aliphatic heterocycles. The van der Waals surface area contributed by atoms with Crippen LogP contribution < -0.4 is 0 Å². The van der Waals surface area contributed by atoms with Crippen LogP contribution in [0.25, 0.3) is 0 Å². The molecule has 1 nitrogen and oxygen atoms in total. The van der Waals surface area contributed by atoms with Gasteiger partial charge < -0.3 is 4.74 Å². The van der Waals surface area contributed by atoms with Crippen molar-refractivity contribution in [1.29, 1.82) is 0 Å². The third-order valence-corrected chi connectivity index (χ3v) is 2.72. The minimum Gasteiger partial charge on any atom is -0.493 e. The number of hydrogen-bond donors (Lipinski definition) is 0. The Balaban J connectivity index is 0.00000106. The van der Waals surface area contributed by atoms with Crippen molar-refractivity contribution in [3.05, 3.63) is 35.1 Å². The van der Waals surface area contributed by atoms with Crippen LogP contribution in [-0.4, -0.2) is 6.61 Å². The van der Waals surface area contributed by atoms with Gasteiger partial charge in [-0.3, -0.25) is 0 Å². The predicted octanol–water partition coefficient (Wildman–Crippen LogP) is 5.01. The fourth-order valence-corrected chi connectivity index (χ4v) is 1.56. The summed E-state index contributed by atoms with van der Waals surface area (Å²) in [6.07, 6.45) is 5.29. The lowest BCUT2D eigenvalue weighted by molar-refractivity contribution is 0.256. The normalized spacial score (nSPS) is 15.4. The lowest BCUT2D eigenvalue weighted by Crippen LogP contribution is -1.89. The molecule has 0 aliphatic carbocycles. The van der Waals surface area contributed by atoms with Gasteiger partial charge in [0.1, 0.15) is 5.76 Å². The van der Waals surface area contributed by atoms with Gasteiger partial charge in [0, 0.05) is 6.42 Å². The van der Waals surface area contributed by atoms with Crippen molar-refractivity contribution in [2.45, 2.75) is 53.9 Å². The van der Waals surface area contributed by atoms with Crippen LogP contribution in [0.2, 0.25) is 0 Å². The molecular formula is C15H26O. The molecule has 0 radical (unpaired) electrons. The molecule has 0 spiro atoms. The fourth-order valence-electron chi connectivity index (χ4n) is 1.56. The van der Waals surface area contributed by atoms with Gasteiger partial charge in [0.25, 0.3) is 0 Å². The van der Waals surface area contributed by atoms with Gasteiger partial charge in [0.05, 0.1) is 6.61 Å². The Bertz CT molecular complexity index is 282. The summed E-state index contributed by atoms with van der Waals surface area (Å²) in [4.78, 5) is 0. The maximum absolute atomic E-state index is 5.55. The van der Waals surface area contributed by atoms with E-state index in [1.54, 1.807) is 0 Å². The molecule has 0 aromatic heterocycles. The molecule has 0 aromatic carbocycles. The highest BCUT2D eigenvalue weighted by Gasteiger charge is 2.10. The molecule has 92 valence electrons. The first-order chi connectivity index (χ1) is 7.69. The molecule has 0 amide bonds. The van der Waals surface area contributed by atoms with Gasteiger partial charge in [0.2, 0.25) is 0 Å². The summed E-state index contributed by atoms with van der Waals surface area (Å²) < 4.78 is 5.55. The van der Waals surface area contributed by atoms with Crippen LogP contribution in [0.4, 0.5) is 0 Å². The van der Waals surface area contributed by atoms with Crippen molar-refractivity contribution >= 4 is 0 Å². The van der Waals surface area contributed by atoms with Crippen molar-refractivity contribution in [3.63, 3.8) is 0 Å². The molecule has 1 heterocycles. The molecule has 0 unspecified atom stereocenters. The van der Waals surface area contributed by atoms with E-state index in [0.717, 1.165) is 31.6 Å². The minimum atomic E-state index is 0.841. The first kappa shape index (κ1) is 15.0. The van der Waals surface area contributed by atoms with Crippen molar-refractivity contribution in [2.75, 3.05) is 6.61 Å². The average Bonchev–Trinajstić information content (AvgIpc) is 2.73. The summed E-state index contributed by atoms with van der Waals surface area (Å²) in [5.74, 6) is 1.07. The van der Waals surface area contributed by atoms with Gasteiger partial charge in [0.15, 0.2) is 0 Å². The SMILES string of the molecule is C=C(CC)/C(=C\C1=C(C)CCO1)CC.CC. The first-order valence-corrected chi connectivity index (χ1v) is 6.40. The monoisotopic (exact) mass is 222 g/mol. The van der Waals surface area contributed by atoms with Crippen LogP contribution in [0.15, 0.2) is 35.1 Å². The maximum atomic E-state index is 5.55. The number of hydrogen-bond acceptors (Lipinski definition) is 1. The molecule has 0 fully saturated rings. The lowest BCUT2D eigenvalue weighted by Gasteiger charge is -2.07. The Kier molecular flexibility index (Phi) is 7.70. The number of allylic oxidation sites excluding steroid dienone is 3. The minimum absolute atomic E-state index is 0.841. The molecule has 0 atom stereocenters. The third-order valence-electron chi connectivity index (χ3n) is 2.72. The molecule has 1 heteroatoms. The molecule has 0 N–H and O–H groups in total. The largest absolute Gasteiger partial charge is 0.493 e. The molecule has 0 saturated heterocycles. The van der Waals surface area contributed by atoms with E-state index in [0.29, 0.717) is 0 Å². The van der Waals surface area contributed by atoms with Crippen molar-refractivity contribution < 1.29 is 4.74 Å². The molecule has 1 rings (SSSR count). The zero-order valence-electron chi connectivity index (χ0n) is 11.5. The van der Waals surface area contributed by atoms with Crippen LogP contribution >= 0.6 is 0 Å². The van der Waals surface area contributed by atoms with Gasteiger partial charge in [-0.25, -0.2) is 0 Å². The first-order valence-electron chi connectivity index (χ1n) is 6.40. The lowest BCUT2D eigenvalue weighted by atomic mass is 10.0. The van der Waals surface area contributed by atoms with Crippen molar-refractivity contribution in [2.24, 2.45) is 0 Å². The summed E-state index contributed by atoms with van der Waals surface area (Å²) in [5.41, 5.74) is 3.91. The molecule has 0 aromatic rings. The number of rotatable bonds is 4. The quantitative estimate of drug-likeness (QED) is 0.607. The van der Waals surface area contributed by atoms with Crippen molar-refractivity contribution in [1.82, 2.24) is 0 Å². The maximum Gasteiger partial charge on any atom is 0.118 e. The second-order valence-corrected chi connectivity index (χ2v) is 3.72. The Hall–Kier alpha value is -0.980. The summed E-state index contributed by atoms with van der Waals surface area (Å²) in [7, 11) is 0. The van der Waals surface area contributed by atoms with Gasteiger partial charge in [-0.1, -0.05) is 39.8 Å². The summed E-state index contributed by atoms with van der Waals surface area (Å²) in [6, 6.07) is 0. The summed E-state index contributed by atoms with van der Waals surface area (Å²) in [6.45, 7) is 15.4. The van der Waals surface area contributed by atoms with E-state index < -0.39 is 0 Å². The Morgan fingerprint density at radius 3 is 2.31 bits per heavy atom. The van der Waals surface area contributed by atoms with E-state index in [4.69, 9.17) is 4.74 Å². The predicted molar refractivity (Wildman–Crippen MR) is 72.4 cm³/mol. The smallest absolute Gasteiger partial charge is 0.118 e. The van der Waals surface area contributed by atoms with Crippen molar-refractivity contribution in [3.8, 4) is 0 Å². The van der Waals surface area contributed by atoms with E-state index >= 15 is 0 Å². The number of ether oxygens (including phenoxy) is 1. The molecule has 0 bridgehead atoms. The Morgan fingerprint density at radius 1 is 1.31 bits per heavy atom. The van der Waals surface area contributed by atoms with E-state index in [-0.39, 0.29) is 0 Å². The zero-order chi connectivity index (χ0) is 12.6. The van der Waals surface area contributed by atoms with Gasteiger partial charge in [-0.05, 0) is 37.0 Å². The van der Waals surface area contributed by atoms with Crippen LogP contribution in [-0.2, 0) is 4.74 Å². The average molecular weight is 222 g/mol. The molecule has 16 heavy (non-hydrogen) atoms. The van der Waals surface area contributed by atoms with Gasteiger partial charge in [-0.2, -0.15) is 0 Å². The standard InChI is InChI=1S/C13H20O.C2H6/c1-5-10(3)12(6-2)9-13-11(4)7-8-14-13;1-2/h9H,3,5-8H2,1-2,4H3;1-2H3/b12-9-;. The van der Waals surface area contributed by atoms with Gasteiger partial charge >= 0.3 is 0 Å². The topological polar surface area (TPSA) is 9.23 Å². The molecular weight excluding hydrogens is 196 g/mol. The molecule has 1 aliphatic rings. The van der Waals surface area contributed by atoms with E-state index in [1.807, 2.05) is 13.8 Å². The Labute approximate surface area is 101 Å². The second-order valence-electron chi connectivity index (χ2n) is 3.72. The summed E-state index contributed by atoms with van der Waals surface area (Å²) in [5, 5.41) is 0. The summed E-state index contributed by atoms with van der Waals surface area (Å²) >= 11 is 0. The zero-order valence-corrected chi connectivity index (χ0v) is 11.5. The fraction of sp³-hybridized carbons (Fsp3) is 0.600. The van der Waals surface area contributed by atoms with Gasteiger partial charge in [-0.15, -0.1) is 0 Å².